The number of nitrogens with one attached hydrogen (secondary N) is 1. The van der Waals surface area contributed by atoms with Gasteiger partial charge in [-0.1, -0.05) is 32.0 Å². The van der Waals surface area contributed by atoms with Crippen molar-refractivity contribution in [3.05, 3.63) is 30.3 Å². The number of amides is 1. The van der Waals surface area contributed by atoms with Crippen LogP contribution in [0.25, 0.3) is 0 Å². The molecular weight excluding hydrogens is 301 g/mol. The molecule has 0 aromatic heterocycles. The molecule has 122 valence electrons. The van der Waals surface area contributed by atoms with Gasteiger partial charge >= 0.3 is 12.3 Å². The first-order chi connectivity index (χ1) is 10.1. The van der Waals surface area contributed by atoms with E-state index in [2.05, 4.69) is 0 Å². The van der Waals surface area contributed by atoms with Gasteiger partial charge in [0.2, 0.25) is 5.91 Å². The predicted molar refractivity (Wildman–Crippen MR) is 74.2 cm³/mol. The second kappa shape index (κ2) is 7.15. The number of alkyl halides is 3. The smallest absolute Gasteiger partial charge is 0.480 e. The van der Waals surface area contributed by atoms with Gasteiger partial charge in [0.1, 0.15) is 12.6 Å². The van der Waals surface area contributed by atoms with E-state index in [1.807, 2.05) is 5.32 Å². The number of benzene rings is 1. The summed E-state index contributed by atoms with van der Waals surface area (Å²) in [7, 11) is 0. The maximum Gasteiger partial charge on any atom is 0.485 e. The molecule has 1 rings (SSSR count). The number of carbonyl (C=O) groups is 2. The van der Waals surface area contributed by atoms with Crippen molar-refractivity contribution in [2.75, 3.05) is 11.4 Å². The molecule has 8 heteroatoms. The van der Waals surface area contributed by atoms with Crippen molar-refractivity contribution in [1.29, 1.82) is 0 Å². The number of carboxylic acids is 1. The molecule has 1 amide bonds. The number of hydrogen-bond donors (Lipinski definition) is 2. The van der Waals surface area contributed by atoms with Crippen molar-refractivity contribution in [1.82, 2.24) is 5.32 Å². The molecule has 0 aliphatic rings. The molecule has 0 heterocycles. The van der Waals surface area contributed by atoms with Crippen molar-refractivity contribution in [2.24, 2.45) is 5.92 Å². The van der Waals surface area contributed by atoms with E-state index in [0.29, 0.717) is 0 Å². The minimum absolute atomic E-state index is 0.0504. The lowest BCUT2D eigenvalue weighted by Gasteiger charge is -2.36. The van der Waals surface area contributed by atoms with Gasteiger partial charge in [0, 0.05) is 5.69 Å². The van der Waals surface area contributed by atoms with E-state index in [4.69, 9.17) is 5.11 Å². The largest absolute Gasteiger partial charge is 0.485 e. The third-order valence-corrected chi connectivity index (χ3v) is 2.90. The van der Waals surface area contributed by atoms with E-state index in [1.54, 1.807) is 6.07 Å². The zero-order chi connectivity index (χ0) is 16.9. The summed E-state index contributed by atoms with van der Waals surface area (Å²) >= 11 is 0. The zero-order valence-corrected chi connectivity index (χ0v) is 12.1. The molecule has 0 bridgehead atoms. The number of anilines is 1. The lowest BCUT2D eigenvalue weighted by molar-refractivity contribution is -0.148. The Balaban J connectivity index is 3.17. The van der Waals surface area contributed by atoms with E-state index in [-0.39, 0.29) is 10.6 Å². The quantitative estimate of drug-likeness (QED) is 0.789. The number of rotatable bonds is 6. The Bertz CT molecular complexity index is 518. The number of para-hydroxylation sites is 1. The van der Waals surface area contributed by atoms with Crippen LogP contribution >= 0.6 is 0 Å². The summed E-state index contributed by atoms with van der Waals surface area (Å²) in [6.45, 7) is 2.20. The van der Waals surface area contributed by atoms with Crippen LogP contribution in [0.2, 0.25) is 0 Å². The maximum absolute atomic E-state index is 13.4. The molecule has 0 spiro atoms. The Hall–Kier alpha value is -2.25. The predicted octanol–water partition coefficient (Wildman–Crippen LogP) is 2.24. The van der Waals surface area contributed by atoms with Gasteiger partial charge in [0.05, 0.1) is 0 Å². The van der Waals surface area contributed by atoms with Crippen LogP contribution in [0.1, 0.15) is 13.8 Å². The van der Waals surface area contributed by atoms with Crippen LogP contribution in [-0.4, -0.2) is 35.9 Å². The molecule has 1 atom stereocenters. The molecule has 0 saturated carbocycles. The highest BCUT2D eigenvalue weighted by atomic mass is 19.4. The van der Waals surface area contributed by atoms with Crippen molar-refractivity contribution in [3.63, 3.8) is 0 Å². The number of hydrogen-bond acceptors (Lipinski definition) is 3. The Morgan fingerprint density at radius 3 is 2.18 bits per heavy atom. The van der Waals surface area contributed by atoms with Gasteiger partial charge in [-0.25, -0.2) is 0 Å². The first kappa shape index (κ1) is 17.8. The zero-order valence-electron chi connectivity index (χ0n) is 12.1. The molecule has 1 aromatic rings. The minimum atomic E-state index is -4.78. The first-order valence-electron chi connectivity index (χ1n) is 6.55. The summed E-state index contributed by atoms with van der Waals surface area (Å²) in [5.41, 5.74) is -0.181. The minimum Gasteiger partial charge on any atom is -0.480 e. The van der Waals surface area contributed by atoms with Gasteiger partial charge < -0.3 is 10.4 Å². The highest BCUT2D eigenvalue weighted by Gasteiger charge is 2.46. The van der Waals surface area contributed by atoms with Crippen LogP contribution in [0.15, 0.2) is 30.3 Å². The molecule has 5 nitrogen and oxygen atoms in total. The molecular formula is C14H17F3N2O3. The molecule has 0 radical (unpaired) electrons. The number of halogens is 3. The van der Waals surface area contributed by atoms with Gasteiger partial charge in [-0.05, 0) is 18.1 Å². The van der Waals surface area contributed by atoms with Crippen molar-refractivity contribution >= 4 is 17.6 Å². The van der Waals surface area contributed by atoms with E-state index < -0.39 is 36.7 Å². The fourth-order valence-electron chi connectivity index (χ4n) is 2.04. The Labute approximate surface area is 125 Å². The van der Waals surface area contributed by atoms with Crippen LogP contribution in [0, 0.1) is 5.92 Å². The molecule has 1 aromatic carbocycles. The van der Waals surface area contributed by atoms with Gasteiger partial charge in [-0.2, -0.15) is 13.2 Å². The van der Waals surface area contributed by atoms with Crippen molar-refractivity contribution in [2.45, 2.75) is 26.2 Å². The summed E-state index contributed by atoms with van der Waals surface area (Å²) in [4.78, 5) is 22.6. The molecule has 0 fully saturated rings. The topological polar surface area (TPSA) is 69.6 Å². The molecule has 0 aliphatic carbocycles. The third-order valence-electron chi connectivity index (χ3n) is 2.90. The Kier molecular flexibility index (Phi) is 5.78. The Morgan fingerprint density at radius 2 is 1.77 bits per heavy atom. The second-order valence-electron chi connectivity index (χ2n) is 4.97. The maximum atomic E-state index is 13.4. The van der Waals surface area contributed by atoms with Crippen LogP contribution in [0.5, 0.6) is 0 Å². The normalized spacial score (nSPS) is 12.8. The van der Waals surface area contributed by atoms with Crippen molar-refractivity contribution in [3.8, 4) is 0 Å². The van der Waals surface area contributed by atoms with E-state index >= 15 is 0 Å². The van der Waals surface area contributed by atoms with Gasteiger partial charge in [-0.15, -0.1) is 0 Å². The van der Waals surface area contributed by atoms with Crippen LogP contribution in [-0.2, 0) is 9.59 Å². The van der Waals surface area contributed by atoms with E-state index in [0.717, 1.165) is 0 Å². The fourth-order valence-corrected chi connectivity index (χ4v) is 2.04. The first-order valence-corrected chi connectivity index (χ1v) is 6.55. The molecule has 1 unspecified atom stereocenters. The molecule has 0 saturated heterocycles. The van der Waals surface area contributed by atoms with Crippen LogP contribution < -0.4 is 10.2 Å². The van der Waals surface area contributed by atoms with E-state index in [1.165, 1.54) is 38.1 Å². The summed E-state index contributed by atoms with van der Waals surface area (Å²) in [5.74, 6) is -3.00. The SMILES string of the molecule is CC(C)C(C(=O)NCC(=O)O)N(c1ccccc1)C(F)(F)F. The van der Waals surface area contributed by atoms with Gasteiger partial charge in [-0.3, -0.25) is 14.5 Å². The van der Waals surface area contributed by atoms with Crippen LogP contribution in [0.4, 0.5) is 18.9 Å². The summed E-state index contributed by atoms with van der Waals surface area (Å²) in [5, 5.41) is 10.6. The standard InChI is InChI=1S/C14H17F3N2O3/c1-9(2)12(13(22)18-8-11(20)21)19(14(15,16)17)10-6-4-3-5-7-10/h3-7,9,12H,8H2,1-2H3,(H,18,22)(H,20,21). The monoisotopic (exact) mass is 318 g/mol. The average Bonchev–Trinajstić information content (AvgIpc) is 2.41. The van der Waals surface area contributed by atoms with Crippen LogP contribution in [0.3, 0.4) is 0 Å². The molecule has 2 N–H and O–H groups in total. The van der Waals surface area contributed by atoms with Gasteiger partial charge in [0.15, 0.2) is 0 Å². The lowest BCUT2D eigenvalue weighted by atomic mass is 10.0. The fraction of sp³-hybridized carbons (Fsp3) is 0.429. The average molecular weight is 318 g/mol. The van der Waals surface area contributed by atoms with Gasteiger partial charge in [0.25, 0.3) is 0 Å². The summed E-state index contributed by atoms with van der Waals surface area (Å²) < 4.78 is 40.2. The third kappa shape index (κ3) is 4.64. The lowest BCUT2D eigenvalue weighted by Crippen LogP contribution is -2.56. The molecule has 22 heavy (non-hydrogen) atoms. The Morgan fingerprint density at radius 1 is 1.23 bits per heavy atom. The highest BCUT2D eigenvalue weighted by Crippen LogP contribution is 2.33. The second-order valence-corrected chi connectivity index (χ2v) is 4.97. The van der Waals surface area contributed by atoms with E-state index in [9.17, 15) is 22.8 Å². The number of nitrogens with zero attached hydrogens (tertiary/aromatic N) is 1. The highest BCUT2D eigenvalue weighted by molar-refractivity contribution is 5.88. The molecule has 0 aliphatic heterocycles. The number of carbonyl (C=O) groups excluding carboxylic acids is 1. The number of carboxylic acid groups (broad SMARTS) is 1. The summed E-state index contributed by atoms with van der Waals surface area (Å²) in [6, 6.07) is 5.34. The number of aliphatic carboxylic acids is 1. The van der Waals surface area contributed by atoms with Crippen molar-refractivity contribution < 1.29 is 27.9 Å². The summed E-state index contributed by atoms with van der Waals surface area (Å²) in [6.07, 6.45) is -4.78.